The number of likely N-dealkylation sites (tertiary alicyclic amines) is 1. The van der Waals surface area contributed by atoms with Gasteiger partial charge < -0.3 is 16.0 Å². The van der Waals surface area contributed by atoms with Crippen molar-refractivity contribution in [3.05, 3.63) is 30.1 Å². The Bertz CT molecular complexity index is 463. The van der Waals surface area contributed by atoms with Crippen LogP contribution in [0.25, 0.3) is 0 Å². The van der Waals surface area contributed by atoms with E-state index in [0.717, 1.165) is 26.1 Å². The van der Waals surface area contributed by atoms with Crippen LogP contribution in [0.2, 0.25) is 0 Å². The molecule has 0 aliphatic carbocycles. The lowest BCUT2D eigenvalue weighted by molar-refractivity contribution is -0.116. The number of halogens is 1. The summed E-state index contributed by atoms with van der Waals surface area (Å²) in [6.45, 7) is 5.56. The molecule has 110 valence electrons. The van der Waals surface area contributed by atoms with Crippen molar-refractivity contribution < 1.29 is 9.18 Å². The van der Waals surface area contributed by atoms with E-state index in [-0.39, 0.29) is 17.1 Å². The number of anilines is 1. The molecule has 5 heteroatoms. The van der Waals surface area contributed by atoms with Gasteiger partial charge in [0.25, 0.3) is 0 Å². The summed E-state index contributed by atoms with van der Waals surface area (Å²) in [7, 11) is 0. The van der Waals surface area contributed by atoms with Crippen molar-refractivity contribution in [1.29, 1.82) is 0 Å². The van der Waals surface area contributed by atoms with Crippen molar-refractivity contribution in [2.75, 3.05) is 31.5 Å². The molecular weight excluding hydrogens is 257 g/mol. The van der Waals surface area contributed by atoms with Crippen LogP contribution >= 0.6 is 0 Å². The topological polar surface area (TPSA) is 58.4 Å². The summed E-state index contributed by atoms with van der Waals surface area (Å²) in [6.07, 6.45) is 1.53. The molecule has 1 amide bonds. The van der Waals surface area contributed by atoms with E-state index < -0.39 is 0 Å². The third kappa shape index (κ3) is 4.02. The van der Waals surface area contributed by atoms with Crippen molar-refractivity contribution in [2.45, 2.75) is 19.8 Å². The summed E-state index contributed by atoms with van der Waals surface area (Å²) in [6, 6.07) is 5.80. The monoisotopic (exact) mass is 279 g/mol. The molecule has 4 nitrogen and oxygen atoms in total. The van der Waals surface area contributed by atoms with Gasteiger partial charge in [0.2, 0.25) is 5.91 Å². The first-order valence-corrected chi connectivity index (χ1v) is 6.99. The lowest BCUT2D eigenvalue weighted by Gasteiger charge is -2.22. The Labute approximate surface area is 119 Å². The minimum atomic E-state index is -0.305. The second-order valence-electron chi connectivity index (χ2n) is 5.85. The molecule has 0 aromatic heterocycles. The molecule has 1 aromatic rings. The van der Waals surface area contributed by atoms with Gasteiger partial charge in [0.05, 0.1) is 0 Å². The molecule has 1 atom stereocenters. The Hall–Kier alpha value is -1.46. The van der Waals surface area contributed by atoms with E-state index >= 15 is 0 Å². The molecule has 0 radical (unpaired) electrons. The number of rotatable bonds is 5. The highest BCUT2D eigenvalue weighted by Gasteiger charge is 2.32. The third-order valence-electron chi connectivity index (χ3n) is 3.91. The Morgan fingerprint density at radius 2 is 2.15 bits per heavy atom. The summed E-state index contributed by atoms with van der Waals surface area (Å²) < 4.78 is 12.8. The van der Waals surface area contributed by atoms with Gasteiger partial charge in [-0.25, -0.2) is 4.39 Å². The Morgan fingerprint density at radius 1 is 1.45 bits per heavy atom. The fourth-order valence-corrected chi connectivity index (χ4v) is 2.50. The molecule has 1 fully saturated rings. The Kier molecular flexibility index (Phi) is 4.73. The maximum absolute atomic E-state index is 12.8. The van der Waals surface area contributed by atoms with Gasteiger partial charge in [0.15, 0.2) is 0 Å². The largest absolute Gasteiger partial charge is 0.330 e. The first-order valence-electron chi connectivity index (χ1n) is 6.99. The van der Waals surface area contributed by atoms with E-state index in [4.69, 9.17) is 5.73 Å². The molecule has 1 aliphatic heterocycles. The van der Waals surface area contributed by atoms with Crippen LogP contribution in [0.15, 0.2) is 24.3 Å². The van der Waals surface area contributed by atoms with Crippen LogP contribution in [-0.2, 0) is 4.79 Å². The van der Waals surface area contributed by atoms with Gasteiger partial charge >= 0.3 is 0 Å². The summed E-state index contributed by atoms with van der Waals surface area (Å²) in [4.78, 5) is 14.1. The van der Waals surface area contributed by atoms with Crippen molar-refractivity contribution in [3.8, 4) is 0 Å². The highest BCUT2D eigenvalue weighted by molar-refractivity contribution is 5.90. The molecule has 1 unspecified atom stereocenters. The van der Waals surface area contributed by atoms with Crippen LogP contribution in [-0.4, -0.2) is 37.0 Å². The first kappa shape index (κ1) is 14.9. The minimum absolute atomic E-state index is 0.0436. The van der Waals surface area contributed by atoms with Crippen LogP contribution in [0.5, 0.6) is 0 Å². The fourth-order valence-electron chi connectivity index (χ4n) is 2.50. The molecule has 20 heavy (non-hydrogen) atoms. The summed E-state index contributed by atoms with van der Waals surface area (Å²) >= 11 is 0. The second-order valence-corrected chi connectivity index (χ2v) is 5.85. The molecule has 1 aliphatic rings. The molecule has 2 rings (SSSR count). The van der Waals surface area contributed by atoms with E-state index in [9.17, 15) is 9.18 Å². The highest BCUT2D eigenvalue weighted by atomic mass is 19.1. The van der Waals surface area contributed by atoms with Crippen LogP contribution in [0.3, 0.4) is 0 Å². The number of nitrogens with zero attached hydrogens (tertiary/aromatic N) is 1. The third-order valence-corrected chi connectivity index (χ3v) is 3.91. The van der Waals surface area contributed by atoms with Crippen LogP contribution in [0, 0.1) is 11.2 Å². The summed E-state index contributed by atoms with van der Waals surface area (Å²) in [5.74, 6) is -0.348. The Morgan fingerprint density at radius 3 is 2.75 bits per heavy atom. The van der Waals surface area contributed by atoms with Crippen molar-refractivity contribution in [1.82, 2.24) is 4.90 Å². The maximum Gasteiger partial charge on any atom is 0.225 e. The number of hydrogen-bond acceptors (Lipinski definition) is 3. The maximum atomic E-state index is 12.8. The van der Waals surface area contributed by atoms with Crippen molar-refractivity contribution >= 4 is 11.6 Å². The molecule has 0 saturated carbocycles. The zero-order valence-corrected chi connectivity index (χ0v) is 11.9. The average molecular weight is 279 g/mol. The zero-order chi connectivity index (χ0) is 14.6. The highest BCUT2D eigenvalue weighted by Crippen LogP contribution is 2.28. The predicted octanol–water partition coefficient (Wildman–Crippen LogP) is 1.82. The van der Waals surface area contributed by atoms with E-state index in [1.807, 2.05) is 0 Å². The van der Waals surface area contributed by atoms with Crippen molar-refractivity contribution in [3.63, 3.8) is 0 Å². The SMILES string of the molecule is CC1(CN)CCN(CCC(=O)Nc2ccc(F)cc2)C1. The number of hydrogen-bond donors (Lipinski definition) is 2. The fraction of sp³-hybridized carbons (Fsp3) is 0.533. The van der Waals surface area contributed by atoms with Crippen molar-refractivity contribution in [2.24, 2.45) is 11.1 Å². The standard InChI is InChI=1S/C15H22FN3O/c1-15(10-17)7-9-19(11-15)8-6-14(20)18-13-4-2-12(16)3-5-13/h2-5H,6-11,17H2,1H3,(H,18,20). The number of carbonyl (C=O) groups is 1. The van der Waals surface area contributed by atoms with Gasteiger partial charge in [-0.05, 0) is 49.2 Å². The van der Waals surface area contributed by atoms with E-state index in [0.29, 0.717) is 18.7 Å². The van der Waals surface area contributed by atoms with E-state index in [1.165, 1.54) is 12.1 Å². The van der Waals surface area contributed by atoms with Gasteiger partial charge in [0.1, 0.15) is 5.82 Å². The van der Waals surface area contributed by atoms with Crippen LogP contribution in [0.4, 0.5) is 10.1 Å². The number of nitrogens with one attached hydrogen (secondary N) is 1. The molecule has 1 heterocycles. The van der Waals surface area contributed by atoms with Crippen LogP contribution in [0.1, 0.15) is 19.8 Å². The van der Waals surface area contributed by atoms with Crippen LogP contribution < -0.4 is 11.1 Å². The number of amides is 1. The van der Waals surface area contributed by atoms with Gasteiger partial charge in [-0.3, -0.25) is 4.79 Å². The molecular formula is C15H22FN3O. The molecule has 3 N–H and O–H groups in total. The lowest BCUT2D eigenvalue weighted by Crippen LogP contribution is -2.32. The average Bonchev–Trinajstić information content (AvgIpc) is 2.82. The molecule has 1 aromatic carbocycles. The zero-order valence-electron chi connectivity index (χ0n) is 11.9. The molecule has 0 spiro atoms. The first-order chi connectivity index (χ1) is 9.50. The number of benzene rings is 1. The normalized spacial score (nSPS) is 22.9. The number of carbonyl (C=O) groups excluding carboxylic acids is 1. The Balaban J connectivity index is 1.74. The minimum Gasteiger partial charge on any atom is -0.330 e. The molecule has 1 saturated heterocycles. The lowest BCUT2D eigenvalue weighted by atomic mass is 9.90. The predicted molar refractivity (Wildman–Crippen MR) is 77.9 cm³/mol. The summed E-state index contributed by atoms with van der Waals surface area (Å²) in [5.41, 5.74) is 6.58. The van der Waals surface area contributed by atoms with Gasteiger partial charge in [-0.15, -0.1) is 0 Å². The quantitative estimate of drug-likeness (QED) is 0.864. The second kappa shape index (κ2) is 6.33. The summed E-state index contributed by atoms with van der Waals surface area (Å²) in [5, 5.41) is 2.77. The van der Waals surface area contributed by atoms with Gasteiger partial charge in [0, 0.05) is 25.2 Å². The van der Waals surface area contributed by atoms with E-state index in [2.05, 4.69) is 17.1 Å². The van der Waals surface area contributed by atoms with E-state index in [1.54, 1.807) is 12.1 Å². The van der Waals surface area contributed by atoms with Gasteiger partial charge in [-0.2, -0.15) is 0 Å². The number of nitrogens with two attached hydrogens (primary N) is 1. The molecule has 0 bridgehead atoms. The smallest absolute Gasteiger partial charge is 0.225 e. The van der Waals surface area contributed by atoms with Gasteiger partial charge in [-0.1, -0.05) is 6.92 Å².